The molecule has 2 heterocycles. The summed E-state index contributed by atoms with van der Waals surface area (Å²) in [7, 11) is 0. The SMILES string of the molecule is c1ccc(N2c3ccccc3Oc3cc(-c4cccc(-c5nc6ccccc6n5-c5ccccc5)c4)ccc32)cc1. The average molecular weight is 528 g/mol. The number of benzene rings is 6. The summed E-state index contributed by atoms with van der Waals surface area (Å²) in [5.74, 6) is 2.58. The van der Waals surface area contributed by atoms with Gasteiger partial charge in [0.25, 0.3) is 0 Å². The van der Waals surface area contributed by atoms with E-state index in [-0.39, 0.29) is 0 Å². The van der Waals surface area contributed by atoms with E-state index >= 15 is 0 Å². The smallest absolute Gasteiger partial charge is 0.152 e. The zero-order chi connectivity index (χ0) is 27.2. The lowest BCUT2D eigenvalue weighted by atomic mass is 10.0. The Morgan fingerprint density at radius 1 is 0.463 bits per heavy atom. The number of fused-ring (bicyclic) bond motifs is 3. The first-order valence-electron chi connectivity index (χ1n) is 13.7. The van der Waals surface area contributed by atoms with Gasteiger partial charge >= 0.3 is 0 Å². The second-order valence-corrected chi connectivity index (χ2v) is 10.1. The van der Waals surface area contributed by atoms with Crippen LogP contribution in [0.1, 0.15) is 0 Å². The summed E-state index contributed by atoms with van der Waals surface area (Å²) in [6.07, 6.45) is 0. The zero-order valence-corrected chi connectivity index (χ0v) is 22.2. The Bertz CT molecular complexity index is 2030. The van der Waals surface area contributed by atoms with Crippen molar-refractivity contribution in [3.8, 4) is 39.7 Å². The van der Waals surface area contributed by atoms with Gasteiger partial charge in [-0.15, -0.1) is 0 Å². The normalized spacial score (nSPS) is 12.0. The highest BCUT2D eigenvalue weighted by atomic mass is 16.5. The van der Waals surface area contributed by atoms with Gasteiger partial charge in [0.05, 0.1) is 22.4 Å². The van der Waals surface area contributed by atoms with E-state index in [2.05, 4.69) is 125 Å². The monoisotopic (exact) mass is 527 g/mol. The Morgan fingerprint density at radius 3 is 1.98 bits per heavy atom. The van der Waals surface area contributed by atoms with E-state index in [4.69, 9.17) is 9.72 Å². The number of para-hydroxylation sites is 6. The van der Waals surface area contributed by atoms with Crippen LogP contribution in [0.25, 0.3) is 39.2 Å². The first kappa shape index (κ1) is 23.3. The van der Waals surface area contributed by atoms with Crippen molar-refractivity contribution >= 4 is 28.1 Å². The van der Waals surface area contributed by atoms with Crippen molar-refractivity contribution in [3.05, 3.63) is 152 Å². The van der Waals surface area contributed by atoms with Crippen LogP contribution in [0.3, 0.4) is 0 Å². The van der Waals surface area contributed by atoms with Crippen LogP contribution in [0.4, 0.5) is 17.1 Å². The number of ether oxygens (including phenoxy) is 1. The Labute approximate surface area is 238 Å². The summed E-state index contributed by atoms with van der Waals surface area (Å²) in [6.45, 7) is 0. The summed E-state index contributed by atoms with van der Waals surface area (Å²) >= 11 is 0. The predicted octanol–water partition coefficient (Wildman–Crippen LogP) is 9.93. The summed E-state index contributed by atoms with van der Waals surface area (Å²) in [5, 5.41) is 0. The topological polar surface area (TPSA) is 30.3 Å². The molecule has 1 aliphatic rings. The molecule has 6 aromatic carbocycles. The maximum atomic E-state index is 6.46. The number of aromatic nitrogens is 2. The summed E-state index contributed by atoms with van der Waals surface area (Å²) < 4.78 is 8.70. The largest absolute Gasteiger partial charge is 0.453 e. The third-order valence-corrected chi connectivity index (χ3v) is 7.57. The quantitative estimate of drug-likeness (QED) is 0.228. The molecule has 0 bridgehead atoms. The first-order valence-corrected chi connectivity index (χ1v) is 13.7. The lowest BCUT2D eigenvalue weighted by Crippen LogP contribution is -2.15. The van der Waals surface area contributed by atoms with Crippen molar-refractivity contribution in [1.29, 1.82) is 0 Å². The molecular weight excluding hydrogens is 502 g/mol. The van der Waals surface area contributed by atoms with E-state index < -0.39 is 0 Å². The third-order valence-electron chi connectivity index (χ3n) is 7.57. The minimum Gasteiger partial charge on any atom is -0.453 e. The molecule has 0 spiro atoms. The van der Waals surface area contributed by atoms with Crippen molar-refractivity contribution in [2.45, 2.75) is 0 Å². The van der Waals surface area contributed by atoms with Gasteiger partial charge in [-0.3, -0.25) is 4.57 Å². The van der Waals surface area contributed by atoms with Crippen LogP contribution in [0.2, 0.25) is 0 Å². The lowest BCUT2D eigenvalue weighted by Gasteiger charge is -2.33. The van der Waals surface area contributed by atoms with E-state index in [1.807, 2.05) is 36.4 Å². The van der Waals surface area contributed by atoms with Crippen molar-refractivity contribution in [1.82, 2.24) is 9.55 Å². The molecule has 194 valence electrons. The van der Waals surface area contributed by atoms with Crippen LogP contribution >= 0.6 is 0 Å². The Balaban J connectivity index is 1.24. The van der Waals surface area contributed by atoms with Crippen LogP contribution < -0.4 is 9.64 Å². The molecular formula is C37H25N3O. The summed E-state index contributed by atoms with van der Waals surface area (Å²) in [6, 6.07) is 52.4. The van der Waals surface area contributed by atoms with Crippen molar-refractivity contribution in [3.63, 3.8) is 0 Å². The highest BCUT2D eigenvalue weighted by molar-refractivity contribution is 5.88. The van der Waals surface area contributed by atoms with E-state index in [1.165, 1.54) is 0 Å². The number of nitrogens with zero attached hydrogens (tertiary/aromatic N) is 3. The number of rotatable bonds is 4. The lowest BCUT2D eigenvalue weighted by molar-refractivity contribution is 0.477. The molecule has 0 saturated heterocycles. The number of imidazole rings is 1. The molecule has 0 amide bonds. The molecule has 0 fully saturated rings. The van der Waals surface area contributed by atoms with Crippen molar-refractivity contribution in [2.24, 2.45) is 0 Å². The molecule has 0 radical (unpaired) electrons. The highest BCUT2D eigenvalue weighted by Gasteiger charge is 2.26. The molecule has 41 heavy (non-hydrogen) atoms. The fraction of sp³-hybridized carbons (Fsp3) is 0. The molecule has 0 aliphatic carbocycles. The van der Waals surface area contributed by atoms with Gasteiger partial charge in [-0.05, 0) is 77.9 Å². The van der Waals surface area contributed by atoms with Gasteiger partial charge in [-0.2, -0.15) is 0 Å². The minimum absolute atomic E-state index is 0.826. The van der Waals surface area contributed by atoms with Gasteiger partial charge in [0.2, 0.25) is 0 Å². The zero-order valence-electron chi connectivity index (χ0n) is 22.2. The maximum Gasteiger partial charge on any atom is 0.152 e. The Kier molecular flexibility index (Phi) is 5.42. The second kappa shape index (κ2) is 9.54. The van der Waals surface area contributed by atoms with E-state index in [1.54, 1.807) is 0 Å². The van der Waals surface area contributed by atoms with Gasteiger partial charge in [0.1, 0.15) is 5.82 Å². The van der Waals surface area contributed by atoms with Gasteiger partial charge in [-0.1, -0.05) is 84.9 Å². The summed E-state index contributed by atoms with van der Waals surface area (Å²) in [5.41, 5.74) is 9.52. The van der Waals surface area contributed by atoms with E-state index in [9.17, 15) is 0 Å². The molecule has 0 unspecified atom stereocenters. The number of hydrogen-bond donors (Lipinski definition) is 0. The molecule has 0 atom stereocenters. The van der Waals surface area contributed by atoms with E-state index in [0.717, 1.165) is 67.8 Å². The molecule has 4 nitrogen and oxygen atoms in total. The second-order valence-electron chi connectivity index (χ2n) is 10.1. The van der Waals surface area contributed by atoms with Crippen molar-refractivity contribution < 1.29 is 4.74 Å². The van der Waals surface area contributed by atoms with Crippen LogP contribution in [-0.4, -0.2) is 9.55 Å². The molecule has 4 heteroatoms. The standard InChI is InChI=1S/C37H25N3O/c1-3-14-29(15-4-1)39-33-20-9-10-21-35(33)41-36-25-27(22-23-34(36)39)26-12-11-13-28(24-26)37-38-31-18-7-8-19-32(31)40(37)30-16-5-2-6-17-30/h1-25H. The molecule has 1 aromatic heterocycles. The first-order chi connectivity index (χ1) is 20.3. The van der Waals surface area contributed by atoms with Gasteiger partial charge < -0.3 is 9.64 Å². The van der Waals surface area contributed by atoms with E-state index in [0.29, 0.717) is 0 Å². The Morgan fingerprint density at radius 2 is 1.12 bits per heavy atom. The minimum atomic E-state index is 0.826. The Hall–Kier alpha value is -5.61. The molecule has 7 aromatic rings. The van der Waals surface area contributed by atoms with Crippen LogP contribution in [0, 0.1) is 0 Å². The van der Waals surface area contributed by atoms with Crippen molar-refractivity contribution in [2.75, 3.05) is 4.90 Å². The highest BCUT2D eigenvalue weighted by Crippen LogP contribution is 2.51. The number of hydrogen-bond acceptors (Lipinski definition) is 3. The van der Waals surface area contributed by atoms with Crippen LogP contribution in [0.15, 0.2) is 152 Å². The van der Waals surface area contributed by atoms with Gasteiger partial charge in [0.15, 0.2) is 11.5 Å². The average Bonchev–Trinajstić information content (AvgIpc) is 3.44. The molecule has 8 rings (SSSR count). The maximum absolute atomic E-state index is 6.46. The fourth-order valence-corrected chi connectivity index (χ4v) is 5.69. The third kappa shape index (κ3) is 3.97. The van der Waals surface area contributed by atoms with Gasteiger partial charge in [0, 0.05) is 16.9 Å². The molecule has 1 aliphatic heterocycles. The van der Waals surface area contributed by atoms with Crippen LogP contribution in [-0.2, 0) is 0 Å². The summed E-state index contributed by atoms with van der Waals surface area (Å²) in [4.78, 5) is 7.32. The fourth-order valence-electron chi connectivity index (χ4n) is 5.69. The van der Waals surface area contributed by atoms with Gasteiger partial charge in [-0.25, -0.2) is 4.98 Å². The number of anilines is 3. The molecule has 0 N–H and O–H groups in total. The predicted molar refractivity (Wildman–Crippen MR) is 167 cm³/mol. The molecule has 0 saturated carbocycles. The van der Waals surface area contributed by atoms with Crippen LogP contribution in [0.5, 0.6) is 11.5 Å².